The van der Waals surface area contributed by atoms with Crippen molar-refractivity contribution in [3.8, 4) is 5.75 Å². The standard InChI is InChI=1S/C13H15BrF3NO2/c14-12(18-4-6-19-7-5-18)9-10-2-1-3-11(8-10)20-13(15,16)17/h1-3,8,12H,4-7,9H2. The summed E-state index contributed by atoms with van der Waals surface area (Å²) in [6.07, 6.45) is -4.05. The highest BCUT2D eigenvalue weighted by atomic mass is 79.9. The summed E-state index contributed by atoms with van der Waals surface area (Å²) >= 11 is 3.57. The van der Waals surface area contributed by atoms with Crippen LogP contribution in [0.4, 0.5) is 13.2 Å². The van der Waals surface area contributed by atoms with Crippen molar-refractivity contribution >= 4 is 15.9 Å². The lowest BCUT2D eigenvalue weighted by Crippen LogP contribution is -2.41. The third kappa shape index (κ3) is 4.96. The summed E-state index contributed by atoms with van der Waals surface area (Å²) in [5.41, 5.74) is 0.792. The van der Waals surface area contributed by atoms with Gasteiger partial charge in [-0.2, -0.15) is 0 Å². The molecule has 1 aliphatic heterocycles. The van der Waals surface area contributed by atoms with Crippen LogP contribution in [0.3, 0.4) is 0 Å². The number of halogens is 4. The molecule has 0 spiro atoms. The van der Waals surface area contributed by atoms with Gasteiger partial charge in [0.05, 0.1) is 18.2 Å². The molecule has 1 fully saturated rings. The van der Waals surface area contributed by atoms with Gasteiger partial charge in [-0.3, -0.25) is 4.90 Å². The zero-order valence-corrected chi connectivity index (χ0v) is 12.3. The maximum Gasteiger partial charge on any atom is 0.573 e. The van der Waals surface area contributed by atoms with E-state index in [0.29, 0.717) is 19.6 Å². The molecule has 1 atom stereocenters. The van der Waals surface area contributed by atoms with Crippen LogP contribution < -0.4 is 4.74 Å². The van der Waals surface area contributed by atoms with Gasteiger partial charge in [0.2, 0.25) is 0 Å². The Hall–Kier alpha value is -0.790. The van der Waals surface area contributed by atoms with Gasteiger partial charge in [-0.15, -0.1) is 13.2 Å². The fourth-order valence-corrected chi connectivity index (χ4v) is 2.83. The molecule has 112 valence electrons. The summed E-state index contributed by atoms with van der Waals surface area (Å²) in [5, 5.41) is 0. The molecule has 20 heavy (non-hydrogen) atoms. The monoisotopic (exact) mass is 353 g/mol. The Kier molecular flexibility index (Phi) is 5.29. The van der Waals surface area contributed by atoms with Gasteiger partial charge in [0.15, 0.2) is 0 Å². The molecule has 1 saturated heterocycles. The second-order valence-electron chi connectivity index (χ2n) is 4.48. The van der Waals surface area contributed by atoms with Gasteiger partial charge in [0, 0.05) is 13.1 Å². The highest BCUT2D eigenvalue weighted by Crippen LogP contribution is 2.25. The van der Waals surface area contributed by atoms with Crippen LogP contribution in [0.5, 0.6) is 5.75 Å². The molecule has 1 heterocycles. The largest absolute Gasteiger partial charge is 0.573 e. The summed E-state index contributed by atoms with van der Waals surface area (Å²) in [4.78, 5) is 2.27. The number of benzene rings is 1. The smallest absolute Gasteiger partial charge is 0.406 e. The van der Waals surface area contributed by atoms with Gasteiger partial charge in [-0.05, 0) is 24.1 Å². The zero-order valence-electron chi connectivity index (χ0n) is 10.7. The number of ether oxygens (including phenoxy) is 2. The van der Waals surface area contributed by atoms with E-state index in [2.05, 4.69) is 25.6 Å². The highest BCUT2D eigenvalue weighted by Gasteiger charge is 2.31. The first-order valence-corrected chi connectivity index (χ1v) is 7.16. The highest BCUT2D eigenvalue weighted by molar-refractivity contribution is 9.09. The van der Waals surface area contributed by atoms with E-state index >= 15 is 0 Å². The first-order valence-electron chi connectivity index (χ1n) is 6.24. The topological polar surface area (TPSA) is 21.7 Å². The van der Waals surface area contributed by atoms with Crippen LogP contribution in [-0.2, 0) is 11.2 Å². The second-order valence-corrected chi connectivity index (χ2v) is 5.54. The van der Waals surface area contributed by atoms with Crippen molar-refractivity contribution in [1.82, 2.24) is 4.90 Å². The van der Waals surface area contributed by atoms with Crippen LogP contribution in [0.2, 0.25) is 0 Å². The minimum atomic E-state index is -4.66. The Bertz CT molecular complexity index is 436. The van der Waals surface area contributed by atoms with Crippen molar-refractivity contribution in [2.75, 3.05) is 26.3 Å². The number of morpholine rings is 1. The Morgan fingerprint density at radius 3 is 2.65 bits per heavy atom. The van der Waals surface area contributed by atoms with Gasteiger partial charge in [-0.25, -0.2) is 0 Å². The van der Waals surface area contributed by atoms with Crippen LogP contribution in [0.15, 0.2) is 24.3 Å². The van der Waals surface area contributed by atoms with Crippen LogP contribution in [-0.4, -0.2) is 42.5 Å². The first kappa shape index (κ1) is 15.6. The molecule has 0 N–H and O–H groups in total. The predicted octanol–water partition coefficient (Wildman–Crippen LogP) is 3.18. The van der Waals surface area contributed by atoms with E-state index in [4.69, 9.17) is 4.74 Å². The number of alkyl halides is 4. The first-order chi connectivity index (χ1) is 9.44. The van der Waals surface area contributed by atoms with Crippen molar-refractivity contribution in [3.05, 3.63) is 29.8 Å². The van der Waals surface area contributed by atoms with Crippen LogP contribution >= 0.6 is 15.9 Å². The molecule has 0 bridgehead atoms. The van der Waals surface area contributed by atoms with E-state index in [9.17, 15) is 13.2 Å². The fourth-order valence-electron chi connectivity index (χ4n) is 2.05. The number of nitrogens with zero attached hydrogens (tertiary/aromatic N) is 1. The average Bonchev–Trinajstić information content (AvgIpc) is 2.38. The maximum atomic E-state index is 12.2. The molecule has 7 heteroatoms. The number of hydrogen-bond donors (Lipinski definition) is 0. The fraction of sp³-hybridized carbons (Fsp3) is 0.538. The van der Waals surface area contributed by atoms with Crippen molar-refractivity contribution in [1.29, 1.82) is 0 Å². The molecule has 0 aromatic heterocycles. The molecule has 0 saturated carbocycles. The third-order valence-corrected chi connectivity index (χ3v) is 3.88. The van der Waals surface area contributed by atoms with Gasteiger partial charge < -0.3 is 9.47 Å². The molecule has 3 nitrogen and oxygen atoms in total. The van der Waals surface area contributed by atoms with E-state index in [1.807, 2.05) is 0 Å². The molecule has 0 aliphatic carbocycles. The Morgan fingerprint density at radius 2 is 2.00 bits per heavy atom. The van der Waals surface area contributed by atoms with Gasteiger partial charge in [0.1, 0.15) is 5.75 Å². The second kappa shape index (κ2) is 6.78. The summed E-state index contributed by atoms with van der Waals surface area (Å²) in [5.74, 6) is -0.184. The molecule has 1 aliphatic rings. The SMILES string of the molecule is FC(F)(F)Oc1cccc(CC(Br)N2CCOCC2)c1. The molecule has 0 radical (unpaired) electrons. The summed E-state index contributed by atoms with van der Waals surface area (Å²) < 4.78 is 45.7. The molecule has 2 rings (SSSR count). The van der Waals surface area contributed by atoms with Gasteiger partial charge >= 0.3 is 6.36 Å². The van der Waals surface area contributed by atoms with E-state index in [-0.39, 0.29) is 10.7 Å². The van der Waals surface area contributed by atoms with Crippen molar-refractivity contribution in [2.45, 2.75) is 17.7 Å². The molecule has 1 aromatic rings. The zero-order chi connectivity index (χ0) is 14.6. The lowest BCUT2D eigenvalue weighted by Gasteiger charge is -2.31. The van der Waals surface area contributed by atoms with Crippen molar-refractivity contribution in [2.24, 2.45) is 0 Å². The minimum Gasteiger partial charge on any atom is -0.406 e. The summed E-state index contributed by atoms with van der Waals surface area (Å²) in [6, 6.07) is 6.07. The Labute approximate surface area is 123 Å². The van der Waals surface area contributed by atoms with E-state index < -0.39 is 6.36 Å². The minimum absolute atomic E-state index is 0.0764. The van der Waals surface area contributed by atoms with Crippen LogP contribution in [0.1, 0.15) is 5.56 Å². The predicted molar refractivity (Wildman–Crippen MR) is 71.9 cm³/mol. The molecule has 0 amide bonds. The van der Waals surface area contributed by atoms with E-state index in [0.717, 1.165) is 18.7 Å². The molecular weight excluding hydrogens is 339 g/mol. The average molecular weight is 354 g/mol. The lowest BCUT2D eigenvalue weighted by molar-refractivity contribution is -0.274. The van der Waals surface area contributed by atoms with Crippen molar-refractivity contribution in [3.63, 3.8) is 0 Å². The Balaban J connectivity index is 1.96. The third-order valence-electron chi connectivity index (χ3n) is 2.98. The quantitative estimate of drug-likeness (QED) is 0.613. The molecular formula is C13H15BrF3NO2. The van der Waals surface area contributed by atoms with Gasteiger partial charge in [0.25, 0.3) is 0 Å². The van der Waals surface area contributed by atoms with Crippen LogP contribution in [0, 0.1) is 0 Å². The van der Waals surface area contributed by atoms with E-state index in [1.54, 1.807) is 12.1 Å². The van der Waals surface area contributed by atoms with Crippen molar-refractivity contribution < 1.29 is 22.6 Å². The maximum absolute atomic E-state index is 12.2. The Morgan fingerprint density at radius 1 is 1.30 bits per heavy atom. The normalized spacial score (nSPS) is 18.8. The lowest BCUT2D eigenvalue weighted by atomic mass is 10.1. The number of rotatable bonds is 4. The number of hydrogen-bond acceptors (Lipinski definition) is 3. The molecule has 1 unspecified atom stereocenters. The summed E-state index contributed by atoms with van der Waals surface area (Å²) in [6.45, 7) is 2.99. The van der Waals surface area contributed by atoms with E-state index in [1.165, 1.54) is 12.1 Å². The summed E-state index contributed by atoms with van der Waals surface area (Å²) in [7, 11) is 0. The van der Waals surface area contributed by atoms with Gasteiger partial charge in [-0.1, -0.05) is 28.1 Å². The van der Waals surface area contributed by atoms with Crippen LogP contribution in [0.25, 0.3) is 0 Å². The molecule has 1 aromatic carbocycles.